The predicted octanol–water partition coefficient (Wildman–Crippen LogP) is 3.21. The number of urea groups is 1. The summed E-state index contributed by atoms with van der Waals surface area (Å²) in [5.74, 6) is -1.10. The number of ether oxygens (including phenoxy) is 1. The van der Waals surface area contributed by atoms with Gasteiger partial charge in [-0.2, -0.15) is 18.3 Å². The highest BCUT2D eigenvalue weighted by atomic mass is 19.4. The van der Waals surface area contributed by atoms with Crippen LogP contribution in [0.5, 0.6) is 0 Å². The number of carbonyl (C=O) groups excluding carboxylic acids is 2. The van der Waals surface area contributed by atoms with E-state index in [1.165, 1.54) is 31.2 Å². The van der Waals surface area contributed by atoms with Gasteiger partial charge in [-0.1, -0.05) is 0 Å². The lowest BCUT2D eigenvalue weighted by Gasteiger charge is -2.13. The summed E-state index contributed by atoms with van der Waals surface area (Å²) in [7, 11) is 0. The standard InChI is InChI=1S/C16H17F3N4O3/c1-3-20-15(25)22-10-5-7-11(8-6-10)23-13(16(17,18)19)12(9-21-23)14(24)26-4-2/h5-9H,3-4H2,1-2H3,(H2,20,22,25). The molecule has 1 aromatic heterocycles. The number of halogens is 3. The lowest BCUT2D eigenvalue weighted by molar-refractivity contribution is -0.143. The lowest BCUT2D eigenvalue weighted by atomic mass is 10.2. The summed E-state index contributed by atoms with van der Waals surface area (Å²) >= 11 is 0. The average molecular weight is 370 g/mol. The Morgan fingerprint density at radius 3 is 2.38 bits per heavy atom. The summed E-state index contributed by atoms with van der Waals surface area (Å²) in [5, 5.41) is 8.73. The van der Waals surface area contributed by atoms with Crippen molar-refractivity contribution in [2.45, 2.75) is 20.0 Å². The Balaban J connectivity index is 2.36. The van der Waals surface area contributed by atoms with Crippen molar-refractivity contribution in [1.82, 2.24) is 15.1 Å². The van der Waals surface area contributed by atoms with Gasteiger partial charge in [0.25, 0.3) is 0 Å². The molecule has 7 nitrogen and oxygen atoms in total. The molecule has 0 saturated heterocycles. The molecule has 0 aliphatic carbocycles. The van der Waals surface area contributed by atoms with Crippen LogP contribution in [0.2, 0.25) is 0 Å². The van der Waals surface area contributed by atoms with Crippen molar-refractivity contribution in [2.24, 2.45) is 0 Å². The Labute approximate surface area is 147 Å². The number of benzene rings is 1. The van der Waals surface area contributed by atoms with Crippen molar-refractivity contribution in [3.63, 3.8) is 0 Å². The molecule has 140 valence electrons. The van der Waals surface area contributed by atoms with E-state index < -0.39 is 29.4 Å². The van der Waals surface area contributed by atoms with Crippen LogP contribution in [0.25, 0.3) is 5.69 Å². The molecule has 0 radical (unpaired) electrons. The van der Waals surface area contributed by atoms with Crippen LogP contribution >= 0.6 is 0 Å². The van der Waals surface area contributed by atoms with Crippen LogP contribution in [0.4, 0.5) is 23.7 Å². The largest absolute Gasteiger partial charge is 0.462 e. The molecular formula is C16H17F3N4O3. The first-order valence-electron chi connectivity index (χ1n) is 7.75. The van der Waals surface area contributed by atoms with Gasteiger partial charge in [0, 0.05) is 12.2 Å². The van der Waals surface area contributed by atoms with E-state index in [9.17, 15) is 22.8 Å². The van der Waals surface area contributed by atoms with E-state index in [-0.39, 0.29) is 12.3 Å². The van der Waals surface area contributed by atoms with E-state index in [1.54, 1.807) is 6.92 Å². The van der Waals surface area contributed by atoms with Gasteiger partial charge in [0.15, 0.2) is 5.69 Å². The van der Waals surface area contributed by atoms with E-state index in [0.29, 0.717) is 16.9 Å². The van der Waals surface area contributed by atoms with Crippen molar-refractivity contribution in [1.29, 1.82) is 0 Å². The molecule has 2 N–H and O–H groups in total. The number of hydrogen-bond acceptors (Lipinski definition) is 4. The maximum Gasteiger partial charge on any atom is 0.434 e. The van der Waals surface area contributed by atoms with Gasteiger partial charge in [-0.3, -0.25) is 0 Å². The molecule has 1 heterocycles. The molecule has 2 aromatic rings. The number of alkyl halides is 3. The quantitative estimate of drug-likeness (QED) is 0.792. The first-order valence-corrected chi connectivity index (χ1v) is 7.75. The Kier molecular flexibility index (Phi) is 5.86. The average Bonchev–Trinajstić information content (AvgIpc) is 3.01. The Hall–Kier alpha value is -3.04. The minimum absolute atomic E-state index is 0.0541. The smallest absolute Gasteiger partial charge is 0.434 e. The topological polar surface area (TPSA) is 85.3 Å². The first-order chi connectivity index (χ1) is 12.3. The van der Waals surface area contributed by atoms with Crippen molar-refractivity contribution in [3.05, 3.63) is 41.7 Å². The molecule has 2 amide bonds. The number of esters is 1. The normalized spacial score (nSPS) is 11.1. The van der Waals surface area contributed by atoms with Crippen LogP contribution in [0.1, 0.15) is 29.9 Å². The van der Waals surface area contributed by atoms with E-state index in [4.69, 9.17) is 0 Å². The summed E-state index contributed by atoms with van der Waals surface area (Å²) in [6, 6.07) is 5.12. The zero-order chi connectivity index (χ0) is 19.3. The Morgan fingerprint density at radius 1 is 1.19 bits per heavy atom. The second kappa shape index (κ2) is 7.89. The first kappa shape index (κ1) is 19.3. The Bertz CT molecular complexity index is 785. The molecule has 0 saturated carbocycles. The molecule has 0 spiro atoms. The number of nitrogens with one attached hydrogen (secondary N) is 2. The maximum atomic E-state index is 13.4. The summed E-state index contributed by atoms with van der Waals surface area (Å²) in [4.78, 5) is 23.2. The fourth-order valence-electron chi connectivity index (χ4n) is 2.20. The van der Waals surface area contributed by atoms with Gasteiger partial charge >= 0.3 is 18.2 Å². The highest BCUT2D eigenvalue weighted by molar-refractivity contribution is 5.91. The van der Waals surface area contributed by atoms with Crippen molar-refractivity contribution in [3.8, 4) is 5.69 Å². The number of anilines is 1. The van der Waals surface area contributed by atoms with Crippen molar-refractivity contribution < 1.29 is 27.5 Å². The third kappa shape index (κ3) is 4.32. The molecule has 26 heavy (non-hydrogen) atoms. The molecule has 0 bridgehead atoms. The molecule has 0 aliphatic heterocycles. The minimum Gasteiger partial charge on any atom is -0.462 e. The van der Waals surface area contributed by atoms with Crippen LogP contribution in [-0.4, -0.2) is 34.9 Å². The summed E-state index contributed by atoms with van der Waals surface area (Å²) < 4.78 is 45.6. The molecule has 1 aromatic carbocycles. The fourth-order valence-corrected chi connectivity index (χ4v) is 2.20. The molecule has 0 fully saturated rings. The summed E-state index contributed by atoms with van der Waals surface area (Å²) in [6.45, 7) is 3.63. The zero-order valence-electron chi connectivity index (χ0n) is 14.1. The number of hydrogen-bond donors (Lipinski definition) is 2. The second-order valence-electron chi connectivity index (χ2n) is 5.07. The predicted molar refractivity (Wildman–Crippen MR) is 87.2 cm³/mol. The molecule has 0 unspecified atom stereocenters. The van der Waals surface area contributed by atoms with Crippen LogP contribution in [0, 0.1) is 0 Å². The zero-order valence-corrected chi connectivity index (χ0v) is 14.1. The highest BCUT2D eigenvalue weighted by Gasteiger charge is 2.41. The molecule has 2 rings (SSSR count). The Morgan fingerprint density at radius 2 is 1.85 bits per heavy atom. The van der Waals surface area contributed by atoms with Crippen molar-refractivity contribution in [2.75, 3.05) is 18.5 Å². The number of amides is 2. The SMILES string of the molecule is CCNC(=O)Nc1ccc(-n2ncc(C(=O)OCC)c2C(F)(F)F)cc1. The van der Waals surface area contributed by atoms with Gasteiger partial charge in [-0.25, -0.2) is 14.3 Å². The van der Waals surface area contributed by atoms with Crippen LogP contribution in [0.15, 0.2) is 30.5 Å². The van der Waals surface area contributed by atoms with E-state index in [2.05, 4.69) is 20.5 Å². The third-order valence-electron chi connectivity index (χ3n) is 3.24. The van der Waals surface area contributed by atoms with Gasteiger partial charge < -0.3 is 15.4 Å². The number of aromatic nitrogens is 2. The molecule has 0 aliphatic rings. The van der Waals surface area contributed by atoms with Gasteiger partial charge in [-0.05, 0) is 38.1 Å². The van der Waals surface area contributed by atoms with Crippen LogP contribution in [0.3, 0.4) is 0 Å². The van der Waals surface area contributed by atoms with E-state index in [1.807, 2.05) is 0 Å². The van der Waals surface area contributed by atoms with E-state index in [0.717, 1.165) is 6.20 Å². The van der Waals surface area contributed by atoms with Gasteiger partial charge in [0.05, 0.1) is 18.5 Å². The summed E-state index contributed by atoms with van der Waals surface area (Å²) in [5.41, 5.74) is -1.41. The maximum absolute atomic E-state index is 13.4. The van der Waals surface area contributed by atoms with Crippen LogP contribution < -0.4 is 10.6 Å². The summed E-state index contributed by atoms with van der Waals surface area (Å²) in [6.07, 6.45) is -3.99. The monoisotopic (exact) mass is 370 g/mol. The highest BCUT2D eigenvalue weighted by Crippen LogP contribution is 2.34. The minimum atomic E-state index is -4.81. The van der Waals surface area contributed by atoms with Crippen molar-refractivity contribution >= 4 is 17.7 Å². The third-order valence-corrected chi connectivity index (χ3v) is 3.24. The second-order valence-corrected chi connectivity index (χ2v) is 5.07. The fraction of sp³-hybridized carbons (Fsp3) is 0.312. The van der Waals surface area contributed by atoms with Gasteiger partial charge in [-0.15, -0.1) is 0 Å². The molecule has 10 heteroatoms. The molecular weight excluding hydrogens is 353 g/mol. The molecule has 0 atom stereocenters. The number of rotatable bonds is 5. The van der Waals surface area contributed by atoms with Gasteiger partial charge in [0.2, 0.25) is 0 Å². The number of nitrogens with zero attached hydrogens (tertiary/aromatic N) is 2. The number of carbonyl (C=O) groups is 2. The lowest BCUT2D eigenvalue weighted by Crippen LogP contribution is -2.28. The van der Waals surface area contributed by atoms with Crippen LogP contribution in [-0.2, 0) is 10.9 Å². The van der Waals surface area contributed by atoms with E-state index >= 15 is 0 Å². The van der Waals surface area contributed by atoms with Gasteiger partial charge in [0.1, 0.15) is 5.56 Å².